The van der Waals surface area contributed by atoms with Gasteiger partial charge in [-0.3, -0.25) is 4.55 Å². The summed E-state index contributed by atoms with van der Waals surface area (Å²) in [5, 5.41) is 0. The first kappa shape index (κ1) is 20.9. The Kier molecular flexibility index (Phi) is 7.15. The van der Waals surface area contributed by atoms with Gasteiger partial charge in [0.25, 0.3) is 10.1 Å². The van der Waals surface area contributed by atoms with Crippen molar-refractivity contribution in [3.8, 4) is 10.4 Å². The molecule has 3 nitrogen and oxygen atoms in total. The molecule has 0 saturated carbocycles. The predicted molar refractivity (Wildman–Crippen MR) is 102 cm³/mol. The zero-order valence-corrected chi connectivity index (χ0v) is 19.0. The molecule has 0 atom stereocenters. The second kappa shape index (κ2) is 8.54. The Bertz CT molecular complexity index is 1020. The van der Waals surface area contributed by atoms with E-state index in [1.54, 1.807) is 32.8 Å². The fourth-order valence-electron chi connectivity index (χ4n) is 2.34. The van der Waals surface area contributed by atoms with Gasteiger partial charge in [-0.2, -0.15) is 8.42 Å². The van der Waals surface area contributed by atoms with Gasteiger partial charge in [0.1, 0.15) is 3.82 Å². The minimum absolute atomic E-state index is 0. The molecule has 0 bridgehead atoms. The molecule has 0 radical (unpaired) electrons. The van der Waals surface area contributed by atoms with Gasteiger partial charge in [0.2, 0.25) is 0 Å². The Balaban J connectivity index is 0.00000225. The van der Waals surface area contributed by atoms with E-state index in [4.69, 9.17) is 16.8 Å². The van der Waals surface area contributed by atoms with Gasteiger partial charge in [0.05, 0.1) is 9.77 Å². The average Bonchev–Trinajstić information content (AvgIpc) is 2.89. The summed E-state index contributed by atoms with van der Waals surface area (Å²) in [7, 11) is -0.921. The van der Waals surface area contributed by atoms with Crippen LogP contribution in [0, 0.1) is 10.7 Å². The van der Waals surface area contributed by atoms with Crippen LogP contribution in [0.1, 0.15) is 16.7 Å². The van der Waals surface area contributed by atoms with Crippen molar-refractivity contribution in [3.05, 3.63) is 69.0 Å². The Morgan fingerprint density at radius 3 is 2.16 bits per heavy atom. The fourth-order valence-corrected chi connectivity index (χ4v) is 5.74. The smallest absolute Gasteiger partial charge is 0.282 e. The van der Waals surface area contributed by atoms with Crippen molar-refractivity contribution in [2.45, 2.75) is 18.2 Å². The van der Waals surface area contributed by atoms with Gasteiger partial charge in [-0.1, -0.05) is 74.9 Å². The van der Waals surface area contributed by atoms with Crippen LogP contribution in [0.2, 0.25) is 0 Å². The van der Waals surface area contributed by atoms with Crippen LogP contribution in [0.25, 0.3) is 10.4 Å². The summed E-state index contributed by atoms with van der Waals surface area (Å²) in [6, 6.07) is 14.6. The molecule has 0 aliphatic rings. The molecule has 0 amide bonds. The normalized spacial score (nSPS) is 11.1. The molecular weight excluding hydrogens is 403 g/mol. The van der Waals surface area contributed by atoms with Crippen LogP contribution in [0.4, 0.5) is 0 Å². The Morgan fingerprint density at radius 2 is 1.60 bits per heavy atom. The Labute approximate surface area is 181 Å². The van der Waals surface area contributed by atoms with Crippen molar-refractivity contribution in [1.29, 1.82) is 0 Å². The molecule has 1 heterocycles. The van der Waals surface area contributed by atoms with Crippen molar-refractivity contribution in [2.75, 3.05) is 0 Å². The van der Waals surface area contributed by atoms with Gasteiger partial charge in [-0.25, -0.2) is 0 Å². The maximum absolute atomic E-state index is 11.1. The minimum atomic E-state index is -4.16. The monoisotopic (exact) mass is 417 g/mol. The molecule has 3 rings (SSSR count). The number of hydrogen-bond donors (Lipinski definition) is 1. The van der Waals surface area contributed by atoms with Crippen LogP contribution >= 0.6 is 32.9 Å². The quantitative estimate of drug-likeness (QED) is 0.306. The Hall–Kier alpha value is -0.380. The first-order chi connectivity index (χ1) is 11.3. The third-order valence-electron chi connectivity index (χ3n) is 3.64. The number of benzene rings is 2. The molecule has 0 spiro atoms. The van der Waals surface area contributed by atoms with Gasteiger partial charge < -0.3 is 0 Å². The molecule has 8 heteroatoms. The van der Waals surface area contributed by atoms with Gasteiger partial charge in [0.15, 0.2) is 0 Å². The van der Waals surface area contributed by atoms with E-state index in [1.807, 2.05) is 0 Å². The van der Waals surface area contributed by atoms with Crippen LogP contribution in [0.3, 0.4) is 0 Å². The van der Waals surface area contributed by atoms with Crippen molar-refractivity contribution >= 4 is 43.0 Å². The van der Waals surface area contributed by atoms with E-state index in [9.17, 15) is 8.42 Å². The van der Waals surface area contributed by atoms with Crippen LogP contribution in [-0.2, 0) is 16.5 Å². The van der Waals surface area contributed by atoms with Crippen LogP contribution < -0.4 is 29.6 Å². The summed E-state index contributed by atoms with van der Waals surface area (Å²) in [5.41, 5.74) is 4.39. The molecule has 0 fully saturated rings. The van der Waals surface area contributed by atoms with E-state index in [0.29, 0.717) is 6.42 Å². The zero-order chi connectivity index (χ0) is 17.3. The fraction of sp³-hybridized carbons (Fsp3) is 0.118. The van der Waals surface area contributed by atoms with Crippen molar-refractivity contribution < 1.29 is 42.5 Å². The van der Waals surface area contributed by atoms with Crippen molar-refractivity contribution in [1.82, 2.24) is 0 Å². The van der Waals surface area contributed by atoms with Crippen molar-refractivity contribution in [3.63, 3.8) is 0 Å². The van der Waals surface area contributed by atoms with E-state index in [-0.39, 0.29) is 34.5 Å². The maximum Gasteiger partial charge on any atom is 1.00 e. The third kappa shape index (κ3) is 5.08. The van der Waals surface area contributed by atoms with E-state index in [0.717, 1.165) is 25.4 Å². The summed E-state index contributed by atoms with van der Waals surface area (Å²) < 4.78 is 32.2. The molecular formula is C17H14NaO3S4+. The van der Waals surface area contributed by atoms with Crippen LogP contribution in [0.5, 0.6) is 0 Å². The summed E-state index contributed by atoms with van der Waals surface area (Å²) in [5.74, 6) is 0. The summed E-state index contributed by atoms with van der Waals surface area (Å²) in [4.78, 5) is 1.06. The summed E-state index contributed by atoms with van der Waals surface area (Å²) in [6.07, 6.45) is 0.633. The van der Waals surface area contributed by atoms with E-state index < -0.39 is 10.1 Å². The topological polar surface area (TPSA) is 54.4 Å². The molecule has 124 valence electrons. The second-order valence-electron chi connectivity index (χ2n) is 5.42. The van der Waals surface area contributed by atoms with Crippen LogP contribution in [0.15, 0.2) is 53.4 Å². The zero-order valence-electron chi connectivity index (χ0n) is 13.7. The molecule has 0 saturated heterocycles. The largest absolute Gasteiger partial charge is 1.00 e. The summed E-state index contributed by atoms with van der Waals surface area (Å²) in [6.45, 7) is 2.05. The number of aryl methyl sites for hydroxylation is 1. The summed E-state index contributed by atoms with van der Waals surface area (Å²) >= 11 is 5.48. The number of hydrogen-bond acceptors (Lipinski definition) is 5. The van der Waals surface area contributed by atoms with E-state index in [1.165, 1.54) is 17.7 Å². The minimum Gasteiger partial charge on any atom is -0.282 e. The van der Waals surface area contributed by atoms with E-state index in [2.05, 4.69) is 31.2 Å². The molecule has 1 N–H and O–H groups in total. The first-order valence-corrected chi connectivity index (χ1v) is 11.1. The molecule has 25 heavy (non-hydrogen) atoms. The Morgan fingerprint density at radius 1 is 1.00 bits per heavy atom. The molecule has 2 aromatic carbocycles. The second-order valence-corrected chi connectivity index (χ2v) is 9.66. The molecule has 0 aliphatic carbocycles. The standard InChI is InChI=1S/C17H14O3S4.Na/c1-11-2-6-13(7-3-11)16-15(17(21)23-22-16)10-12-4-8-14(9-5-12)24(18,19)20;/h2-9H,10H2,1H3,(H,18,19,20);/q;+1. The van der Waals surface area contributed by atoms with Crippen LogP contribution in [-0.4, -0.2) is 13.0 Å². The molecule has 1 aromatic heterocycles. The third-order valence-corrected chi connectivity index (χ3v) is 7.70. The van der Waals surface area contributed by atoms with Gasteiger partial charge in [-0.05, 0) is 30.2 Å². The van der Waals surface area contributed by atoms with E-state index >= 15 is 0 Å². The van der Waals surface area contributed by atoms with Crippen molar-refractivity contribution in [2.24, 2.45) is 0 Å². The molecule has 0 aliphatic heterocycles. The average molecular weight is 418 g/mol. The SMILES string of the molecule is Cc1ccc(-c2ssc(=S)c2Cc2ccc(S(=O)(=O)O)cc2)cc1.[Na+]. The maximum atomic E-state index is 11.1. The van der Waals surface area contributed by atoms with Gasteiger partial charge >= 0.3 is 29.6 Å². The first-order valence-electron chi connectivity index (χ1n) is 7.10. The molecule has 3 aromatic rings. The predicted octanol–water partition coefficient (Wildman–Crippen LogP) is 2.36. The molecule has 0 unspecified atom stereocenters. The van der Waals surface area contributed by atoms with Gasteiger partial charge in [-0.15, -0.1) is 0 Å². The number of rotatable bonds is 4. The van der Waals surface area contributed by atoms with Gasteiger partial charge in [0, 0.05) is 12.0 Å².